The molecule has 14 heavy (non-hydrogen) atoms. The highest BCUT2D eigenvalue weighted by Crippen LogP contribution is 2.18. The van der Waals surface area contributed by atoms with Crippen LogP contribution >= 0.6 is 0 Å². The van der Waals surface area contributed by atoms with Gasteiger partial charge in [0.15, 0.2) is 0 Å². The molecule has 0 aromatic heterocycles. The Morgan fingerprint density at radius 3 is 2.64 bits per heavy atom. The van der Waals surface area contributed by atoms with Crippen molar-refractivity contribution in [1.29, 1.82) is 0 Å². The summed E-state index contributed by atoms with van der Waals surface area (Å²) >= 11 is 0. The summed E-state index contributed by atoms with van der Waals surface area (Å²) < 4.78 is 4.80. The molecule has 0 bridgehead atoms. The third-order valence-electron chi connectivity index (χ3n) is 1.38. The van der Waals surface area contributed by atoms with Crippen LogP contribution in [0.1, 0.15) is 0 Å². The predicted molar refractivity (Wildman–Crippen MR) is 51.1 cm³/mol. The Morgan fingerprint density at radius 2 is 2.14 bits per heavy atom. The van der Waals surface area contributed by atoms with Crippen molar-refractivity contribution >= 4 is 11.7 Å². The van der Waals surface area contributed by atoms with Gasteiger partial charge in [0.25, 0.3) is 0 Å². The van der Waals surface area contributed by atoms with Gasteiger partial charge in [0, 0.05) is 16.7 Å². The highest BCUT2D eigenvalue weighted by atomic mass is 16.5. The molecule has 0 saturated heterocycles. The minimum atomic E-state index is -0.526. The molecule has 0 heterocycles. The molecule has 0 saturated carbocycles. The summed E-state index contributed by atoms with van der Waals surface area (Å²) in [5, 5.41) is 3.37. The van der Waals surface area contributed by atoms with Crippen LogP contribution in [0.2, 0.25) is 0 Å². The summed E-state index contributed by atoms with van der Waals surface area (Å²) in [6, 6.07) is 6.16. The van der Waals surface area contributed by atoms with Crippen molar-refractivity contribution in [2.75, 3.05) is 0 Å². The van der Waals surface area contributed by atoms with E-state index in [9.17, 15) is 4.79 Å². The van der Waals surface area contributed by atoms with Crippen molar-refractivity contribution in [2.24, 2.45) is 5.11 Å². The van der Waals surface area contributed by atoms with Crippen LogP contribution < -0.4 is 4.74 Å². The van der Waals surface area contributed by atoms with Gasteiger partial charge in [0.2, 0.25) is 0 Å². The van der Waals surface area contributed by atoms with Crippen molar-refractivity contribution < 1.29 is 9.53 Å². The number of azide groups is 1. The molecule has 0 N–H and O–H groups in total. The van der Waals surface area contributed by atoms with Gasteiger partial charge in [-0.25, -0.2) is 4.79 Å². The second kappa shape index (κ2) is 4.69. The minimum Gasteiger partial charge on any atom is -0.423 e. The van der Waals surface area contributed by atoms with Crippen LogP contribution in [-0.4, -0.2) is 5.97 Å². The molecule has 0 atom stereocenters. The smallest absolute Gasteiger partial charge is 0.335 e. The van der Waals surface area contributed by atoms with Crippen molar-refractivity contribution in [3.63, 3.8) is 0 Å². The summed E-state index contributed by atoms with van der Waals surface area (Å²) in [5.41, 5.74) is 8.60. The monoisotopic (exact) mass is 189 g/mol. The molecular formula is C9H7N3O2. The normalized spacial score (nSPS) is 8.57. The van der Waals surface area contributed by atoms with E-state index in [4.69, 9.17) is 10.3 Å². The molecular weight excluding hydrogens is 182 g/mol. The first kappa shape index (κ1) is 9.83. The topological polar surface area (TPSA) is 75.1 Å². The highest BCUT2D eigenvalue weighted by molar-refractivity contribution is 5.83. The maximum absolute atomic E-state index is 10.8. The maximum atomic E-state index is 10.8. The van der Waals surface area contributed by atoms with E-state index in [0.717, 1.165) is 6.08 Å². The zero-order valence-corrected chi connectivity index (χ0v) is 7.25. The van der Waals surface area contributed by atoms with E-state index >= 15 is 0 Å². The fourth-order valence-electron chi connectivity index (χ4n) is 0.790. The number of carbonyl (C=O) groups excluding carboxylic acids is 1. The number of esters is 1. The molecule has 0 unspecified atom stereocenters. The van der Waals surface area contributed by atoms with E-state index in [1.807, 2.05) is 0 Å². The highest BCUT2D eigenvalue weighted by Gasteiger charge is 1.98. The van der Waals surface area contributed by atoms with Crippen LogP contribution in [0.3, 0.4) is 0 Å². The van der Waals surface area contributed by atoms with Crippen LogP contribution in [0, 0.1) is 0 Å². The first-order valence-corrected chi connectivity index (χ1v) is 3.75. The molecule has 1 aromatic rings. The maximum Gasteiger partial charge on any atom is 0.335 e. The molecule has 0 spiro atoms. The SMILES string of the molecule is C=CC(=O)Oc1ccc(N=[N+]=[N-])cc1. The zero-order chi connectivity index (χ0) is 10.4. The Bertz CT molecular complexity index is 391. The Kier molecular flexibility index (Phi) is 3.29. The summed E-state index contributed by atoms with van der Waals surface area (Å²) in [6.07, 6.45) is 1.07. The average molecular weight is 189 g/mol. The van der Waals surface area contributed by atoms with Gasteiger partial charge < -0.3 is 4.74 Å². The van der Waals surface area contributed by atoms with Crippen LogP contribution in [0.25, 0.3) is 10.4 Å². The lowest BCUT2D eigenvalue weighted by Gasteiger charge is -2.00. The minimum absolute atomic E-state index is 0.381. The molecule has 0 fully saturated rings. The van der Waals surface area contributed by atoms with Crippen LogP contribution in [0.4, 0.5) is 5.69 Å². The van der Waals surface area contributed by atoms with E-state index in [2.05, 4.69) is 16.6 Å². The van der Waals surface area contributed by atoms with E-state index in [1.54, 1.807) is 12.1 Å². The van der Waals surface area contributed by atoms with Crippen LogP contribution in [-0.2, 0) is 4.79 Å². The van der Waals surface area contributed by atoms with Gasteiger partial charge in [0.05, 0.1) is 0 Å². The van der Waals surface area contributed by atoms with Crippen molar-refractivity contribution in [3.8, 4) is 5.75 Å². The Labute approximate surface area is 80.2 Å². The summed E-state index contributed by atoms with van der Waals surface area (Å²) in [7, 11) is 0. The van der Waals surface area contributed by atoms with E-state index < -0.39 is 5.97 Å². The number of nitrogens with zero attached hydrogens (tertiary/aromatic N) is 3. The number of rotatable bonds is 3. The molecule has 5 nitrogen and oxygen atoms in total. The fourth-order valence-corrected chi connectivity index (χ4v) is 0.790. The third-order valence-corrected chi connectivity index (χ3v) is 1.38. The van der Waals surface area contributed by atoms with E-state index in [0.29, 0.717) is 11.4 Å². The zero-order valence-electron chi connectivity index (χ0n) is 7.25. The molecule has 0 aliphatic rings. The van der Waals surface area contributed by atoms with Gasteiger partial charge in [-0.05, 0) is 29.8 Å². The Balaban J connectivity index is 2.77. The lowest BCUT2D eigenvalue weighted by molar-refractivity contribution is -0.128. The van der Waals surface area contributed by atoms with Gasteiger partial charge >= 0.3 is 5.97 Å². The lowest BCUT2D eigenvalue weighted by atomic mass is 10.3. The standard InChI is InChI=1S/C9H7N3O2/c1-2-9(13)14-8-5-3-7(4-6-8)11-12-10/h2-6H,1H2. The van der Waals surface area contributed by atoms with E-state index in [1.165, 1.54) is 12.1 Å². The number of carbonyl (C=O) groups is 1. The van der Waals surface area contributed by atoms with Gasteiger partial charge in [-0.15, -0.1) is 0 Å². The van der Waals surface area contributed by atoms with Crippen molar-refractivity contribution in [3.05, 3.63) is 47.4 Å². The van der Waals surface area contributed by atoms with Gasteiger partial charge in [-0.1, -0.05) is 11.7 Å². The fraction of sp³-hybridized carbons (Fsp3) is 0. The molecule has 1 aromatic carbocycles. The molecule has 1 rings (SSSR count). The molecule has 0 radical (unpaired) electrons. The van der Waals surface area contributed by atoms with Gasteiger partial charge in [-0.2, -0.15) is 0 Å². The first-order valence-electron chi connectivity index (χ1n) is 3.75. The number of hydrogen-bond donors (Lipinski definition) is 0. The van der Waals surface area contributed by atoms with Crippen LogP contribution in [0.5, 0.6) is 5.75 Å². The second-order valence-corrected chi connectivity index (χ2v) is 2.31. The second-order valence-electron chi connectivity index (χ2n) is 2.31. The molecule has 0 amide bonds. The molecule has 5 heteroatoms. The van der Waals surface area contributed by atoms with Gasteiger partial charge in [0.1, 0.15) is 5.75 Å². The summed E-state index contributed by atoms with van der Waals surface area (Å²) in [4.78, 5) is 13.4. The first-order chi connectivity index (χ1) is 6.76. The van der Waals surface area contributed by atoms with Gasteiger partial charge in [-0.3, -0.25) is 0 Å². The molecule has 0 aliphatic carbocycles. The summed E-state index contributed by atoms with van der Waals surface area (Å²) in [6.45, 7) is 3.26. The molecule has 70 valence electrons. The Morgan fingerprint density at radius 1 is 1.50 bits per heavy atom. The quantitative estimate of drug-likeness (QED) is 0.183. The third kappa shape index (κ3) is 2.66. The van der Waals surface area contributed by atoms with Crippen molar-refractivity contribution in [1.82, 2.24) is 0 Å². The number of ether oxygens (including phenoxy) is 1. The summed E-state index contributed by atoms with van der Waals surface area (Å²) in [5.74, 6) is -0.145. The van der Waals surface area contributed by atoms with E-state index in [-0.39, 0.29) is 0 Å². The lowest BCUT2D eigenvalue weighted by Crippen LogP contribution is -2.02. The number of hydrogen-bond acceptors (Lipinski definition) is 3. The van der Waals surface area contributed by atoms with Crippen molar-refractivity contribution in [2.45, 2.75) is 0 Å². The van der Waals surface area contributed by atoms with Crippen LogP contribution in [0.15, 0.2) is 42.0 Å². The Hall–Kier alpha value is -2.26. The largest absolute Gasteiger partial charge is 0.423 e. The predicted octanol–water partition coefficient (Wildman–Crippen LogP) is 2.72. The molecule has 0 aliphatic heterocycles. The number of benzene rings is 1. The average Bonchev–Trinajstić information content (AvgIpc) is 2.21.